The molecule has 0 bridgehead atoms. The third kappa shape index (κ3) is 3.90. The molecule has 0 aromatic carbocycles. The summed E-state index contributed by atoms with van der Waals surface area (Å²) < 4.78 is 7.07. The minimum atomic E-state index is -0.685. The average Bonchev–Trinajstić information content (AvgIpc) is 3.35. The predicted octanol–water partition coefficient (Wildman–Crippen LogP) is 1.56. The molecule has 0 saturated carbocycles. The van der Waals surface area contributed by atoms with Crippen molar-refractivity contribution in [3.05, 3.63) is 65.0 Å². The summed E-state index contributed by atoms with van der Waals surface area (Å²) in [4.78, 5) is 24.8. The third-order valence-electron chi connectivity index (χ3n) is 3.38. The molecule has 0 aliphatic carbocycles. The van der Waals surface area contributed by atoms with Crippen molar-refractivity contribution in [3.8, 4) is 0 Å². The fourth-order valence-corrected chi connectivity index (χ4v) is 2.85. The number of thiophene rings is 1. The SMILES string of the molecule is O=C(NCc1cccs1)C(=O)NCC(c1ccco1)n1cccn1. The molecule has 1 atom stereocenters. The van der Waals surface area contributed by atoms with E-state index in [2.05, 4.69) is 15.7 Å². The normalized spacial score (nSPS) is 11.8. The molecular weight excluding hydrogens is 328 g/mol. The van der Waals surface area contributed by atoms with Gasteiger partial charge in [-0.2, -0.15) is 5.10 Å². The van der Waals surface area contributed by atoms with Gasteiger partial charge in [0.15, 0.2) is 0 Å². The first-order valence-electron chi connectivity index (χ1n) is 7.35. The molecule has 124 valence electrons. The summed E-state index contributed by atoms with van der Waals surface area (Å²) in [5, 5.41) is 11.3. The molecule has 3 heterocycles. The number of hydrogen-bond donors (Lipinski definition) is 2. The van der Waals surface area contributed by atoms with Gasteiger partial charge in [0.1, 0.15) is 11.8 Å². The van der Waals surface area contributed by atoms with Crippen LogP contribution < -0.4 is 10.6 Å². The first-order valence-corrected chi connectivity index (χ1v) is 8.23. The topological polar surface area (TPSA) is 89.2 Å². The Balaban J connectivity index is 1.56. The predicted molar refractivity (Wildman–Crippen MR) is 88.2 cm³/mol. The Morgan fingerprint density at radius 1 is 1.21 bits per heavy atom. The lowest BCUT2D eigenvalue weighted by Crippen LogP contribution is -2.41. The Labute approximate surface area is 142 Å². The number of carbonyl (C=O) groups is 2. The molecule has 0 fully saturated rings. The van der Waals surface area contributed by atoms with Crippen molar-refractivity contribution in [3.63, 3.8) is 0 Å². The van der Waals surface area contributed by atoms with Gasteiger partial charge in [0, 0.05) is 23.8 Å². The van der Waals surface area contributed by atoms with E-state index in [1.165, 1.54) is 11.3 Å². The van der Waals surface area contributed by atoms with Crippen LogP contribution in [-0.2, 0) is 16.1 Å². The van der Waals surface area contributed by atoms with Gasteiger partial charge >= 0.3 is 11.8 Å². The minimum absolute atomic E-state index is 0.195. The fraction of sp³-hybridized carbons (Fsp3) is 0.188. The highest BCUT2D eigenvalue weighted by molar-refractivity contribution is 7.09. The van der Waals surface area contributed by atoms with E-state index in [0.717, 1.165) is 4.88 Å². The summed E-state index contributed by atoms with van der Waals surface area (Å²) in [5.41, 5.74) is 0. The second-order valence-corrected chi connectivity index (χ2v) is 6.02. The monoisotopic (exact) mass is 344 g/mol. The van der Waals surface area contributed by atoms with E-state index in [9.17, 15) is 9.59 Å². The number of nitrogens with zero attached hydrogens (tertiary/aromatic N) is 2. The van der Waals surface area contributed by atoms with Gasteiger partial charge in [-0.1, -0.05) is 6.07 Å². The zero-order valence-electron chi connectivity index (χ0n) is 12.7. The molecule has 24 heavy (non-hydrogen) atoms. The van der Waals surface area contributed by atoms with Crippen LogP contribution in [0.5, 0.6) is 0 Å². The van der Waals surface area contributed by atoms with E-state index in [0.29, 0.717) is 12.3 Å². The largest absolute Gasteiger partial charge is 0.467 e. The van der Waals surface area contributed by atoms with Crippen molar-refractivity contribution in [2.75, 3.05) is 6.54 Å². The van der Waals surface area contributed by atoms with Crippen LogP contribution in [0.25, 0.3) is 0 Å². The third-order valence-corrected chi connectivity index (χ3v) is 4.26. The van der Waals surface area contributed by atoms with Crippen LogP contribution in [0.3, 0.4) is 0 Å². The van der Waals surface area contributed by atoms with E-state index in [1.807, 2.05) is 17.5 Å². The molecule has 0 spiro atoms. The molecular formula is C16H16N4O3S. The lowest BCUT2D eigenvalue weighted by molar-refractivity contribution is -0.139. The van der Waals surface area contributed by atoms with Gasteiger partial charge in [0.05, 0.1) is 12.8 Å². The second-order valence-electron chi connectivity index (χ2n) is 4.99. The summed E-state index contributed by atoms with van der Waals surface area (Å²) in [6, 6.07) is 8.82. The van der Waals surface area contributed by atoms with Crippen LogP contribution in [0, 0.1) is 0 Å². The Morgan fingerprint density at radius 2 is 2.08 bits per heavy atom. The van der Waals surface area contributed by atoms with Crippen LogP contribution in [0.15, 0.2) is 58.8 Å². The first-order chi connectivity index (χ1) is 11.7. The molecule has 3 aromatic rings. The smallest absolute Gasteiger partial charge is 0.309 e. The maximum atomic E-state index is 12.0. The highest BCUT2D eigenvalue weighted by atomic mass is 32.1. The van der Waals surface area contributed by atoms with Crippen LogP contribution >= 0.6 is 11.3 Å². The average molecular weight is 344 g/mol. The standard InChI is InChI=1S/C16H16N4O3S/c21-15(17-10-12-4-2-9-24-12)16(22)18-11-13(14-5-1-8-23-14)20-7-3-6-19-20/h1-9,13H,10-11H2,(H,17,21)(H,18,22). The van der Waals surface area contributed by atoms with Gasteiger partial charge in [0.25, 0.3) is 0 Å². The van der Waals surface area contributed by atoms with E-state index >= 15 is 0 Å². The van der Waals surface area contributed by atoms with Gasteiger partial charge in [-0.3, -0.25) is 14.3 Å². The molecule has 2 amide bonds. The number of aromatic nitrogens is 2. The summed E-state index contributed by atoms with van der Waals surface area (Å²) in [6.07, 6.45) is 4.98. The molecule has 3 aromatic heterocycles. The maximum Gasteiger partial charge on any atom is 0.309 e. The molecule has 1 unspecified atom stereocenters. The quantitative estimate of drug-likeness (QED) is 0.664. The van der Waals surface area contributed by atoms with Crippen molar-refractivity contribution in [1.82, 2.24) is 20.4 Å². The molecule has 8 heteroatoms. The Hall–Kier alpha value is -2.87. The highest BCUT2D eigenvalue weighted by Gasteiger charge is 2.20. The van der Waals surface area contributed by atoms with Crippen LogP contribution in [0.2, 0.25) is 0 Å². The number of nitrogens with one attached hydrogen (secondary N) is 2. The summed E-state index contributed by atoms with van der Waals surface area (Å²) in [7, 11) is 0. The zero-order valence-corrected chi connectivity index (χ0v) is 13.5. The molecule has 2 N–H and O–H groups in total. The number of hydrogen-bond acceptors (Lipinski definition) is 5. The van der Waals surface area contributed by atoms with E-state index in [1.54, 1.807) is 41.5 Å². The summed E-state index contributed by atoms with van der Waals surface area (Å²) in [5.74, 6) is -0.699. The van der Waals surface area contributed by atoms with E-state index in [4.69, 9.17) is 4.42 Å². The van der Waals surface area contributed by atoms with Crippen molar-refractivity contribution in [1.29, 1.82) is 0 Å². The number of carbonyl (C=O) groups excluding carboxylic acids is 2. The molecule has 0 aliphatic rings. The van der Waals surface area contributed by atoms with Crippen molar-refractivity contribution in [2.45, 2.75) is 12.6 Å². The lowest BCUT2D eigenvalue weighted by atomic mass is 10.2. The van der Waals surface area contributed by atoms with Crippen molar-refractivity contribution in [2.24, 2.45) is 0 Å². The van der Waals surface area contributed by atoms with Gasteiger partial charge in [0.2, 0.25) is 0 Å². The number of rotatable bonds is 6. The van der Waals surface area contributed by atoms with Crippen molar-refractivity contribution >= 4 is 23.2 Å². The second kappa shape index (κ2) is 7.60. The van der Waals surface area contributed by atoms with Gasteiger partial charge in [-0.05, 0) is 29.6 Å². The molecule has 0 saturated heterocycles. The van der Waals surface area contributed by atoms with Gasteiger partial charge in [-0.15, -0.1) is 11.3 Å². The van der Waals surface area contributed by atoms with Crippen molar-refractivity contribution < 1.29 is 14.0 Å². The Kier molecular flexibility index (Phi) is 5.07. The van der Waals surface area contributed by atoms with Gasteiger partial charge < -0.3 is 15.1 Å². The number of amides is 2. The molecule has 0 radical (unpaired) electrons. The first kappa shape index (κ1) is 16.0. The zero-order chi connectivity index (χ0) is 16.8. The van der Waals surface area contributed by atoms with Crippen LogP contribution in [0.1, 0.15) is 16.7 Å². The Bertz CT molecular complexity index is 732. The lowest BCUT2D eigenvalue weighted by Gasteiger charge is -2.16. The van der Waals surface area contributed by atoms with Crippen LogP contribution in [0.4, 0.5) is 0 Å². The van der Waals surface area contributed by atoms with E-state index in [-0.39, 0.29) is 12.6 Å². The molecule has 7 nitrogen and oxygen atoms in total. The van der Waals surface area contributed by atoms with Crippen LogP contribution in [-0.4, -0.2) is 28.1 Å². The summed E-state index contributed by atoms with van der Waals surface area (Å²) in [6.45, 7) is 0.533. The molecule has 0 aliphatic heterocycles. The van der Waals surface area contributed by atoms with Gasteiger partial charge in [-0.25, -0.2) is 0 Å². The highest BCUT2D eigenvalue weighted by Crippen LogP contribution is 2.17. The maximum absolute atomic E-state index is 12.0. The molecule has 3 rings (SSSR count). The van der Waals surface area contributed by atoms with E-state index < -0.39 is 11.8 Å². The summed E-state index contributed by atoms with van der Waals surface area (Å²) >= 11 is 1.52. The fourth-order valence-electron chi connectivity index (χ4n) is 2.20. The number of furan rings is 1. The Morgan fingerprint density at radius 3 is 2.75 bits per heavy atom. The minimum Gasteiger partial charge on any atom is -0.467 e.